The molecule has 0 heterocycles. The molecule has 0 aliphatic carbocycles. The molecule has 90 valence electrons. The number of methoxy groups -OCH3 is 2. The van der Waals surface area contributed by atoms with E-state index in [-0.39, 0.29) is 6.04 Å². The first kappa shape index (κ1) is 13.2. The maximum absolute atomic E-state index is 5.53. The molecule has 0 aromatic heterocycles. The number of benzene rings is 1. The molecule has 0 fully saturated rings. The fraction of sp³-hybridized carbons (Fsp3) is 0.455. The molecule has 0 spiro atoms. The van der Waals surface area contributed by atoms with E-state index in [1.54, 1.807) is 26.0 Å². The molecule has 1 atom stereocenters. The lowest BCUT2D eigenvalue weighted by Crippen LogP contribution is -2.29. The number of hydrogen-bond acceptors (Lipinski definition) is 5. The number of hydrazine groups is 1. The third kappa shape index (κ3) is 3.04. The highest BCUT2D eigenvalue weighted by Gasteiger charge is 2.14. The molecule has 1 unspecified atom stereocenters. The summed E-state index contributed by atoms with van der Waals surface area (Å²) in [5.41, 5.74) is 3.83. The number of nitrogens with one attached hydrogen (secondary N) is 1. The predicted octanol–water partition coefficient (Wildman–Crippen LogP) is 1.57. The summed E-state index contributed by atoms with van der Waals surface area (Å²) in [5, 5.41) is 0. The SMILES string of the molecule is COc1ccc(C(CSC)NN)c(OC)c1. The highest BCUT2D eigenvalue weighted by atomic mass is 32.2. The van der Waals surface area contributed by atoms with Crippen LogP contribution in [-0.2, 0) is 0 Å². The lowest BCUT2D eigenvalue weighted by Gasteiger charge is -2.18. The van der Waals surface area contributed by atoms with E-state index in [0.29, 0.717) is 0 Å². The van der Waals surface area contributed by atoms with E-state index in [1.165, 1.54) is 0 Å². The van der Waals surface area contributed by atoms with Crippen molar-refractivity contribution in [2.24, 2.45) is 5.84 Å². The zero-order valence-corrected chi connectivity index (χ0v) is 10.6. The van der Waals surface area contributed by atoms with E-state index in [1.807, 2.05) is 24.5 Å². The van der Waals surface area contributed by atoms with Gasteiger partial charge in [0.2, 0.25) is 0 Å². The zero-order valence-electron chi connectivity index (χ0n) is 9.82. The van der Waals surface area contributed by atoms with Crippen LogP contribution in [0.1, 0.15) is 11.6 Å². The van der Waals surface area contributed by atoms with Gasteiger partial charge in [0.15, 0.2) is 0 Å². The summed E-state index contributed by atoms with van der Waals surface area (Å²) in [4.78, 5) is 0. The van der Waals surface area contributed by atoms with E-state index in [9.17, 15) is 0 Å². The molecule has 0 saturated carbocycles. The van der Waals surface area contributed by atoms with Gasteiger partial charge in [-0.2, -0.15) is 11.8 Å². The summed E-state index contributed by atoms with van der Waals surface area (Å²) in [5.74, 6) is 7.99. The topological polar surface area (TPSA) is 56.5 Å². The number of hydrogen-bond donors (Lipinski definition) is 2. The van der Waals surface area contributed by atoms with Gasteiger partial charge in [0.05, 0.1) is 20.3 Å². The van der Waals surface area contributed by atoms with E-state index in [0.717, 1.165) is 22.8 Å². The van der Waals surface area contributed by atoms with Crippen LogP contribution in [0.2, 0.25) is 0 Å². The van der Waals surface area contributed by atoms with Gasteiger partial charge in [-0.3, -0.25) is 11.3 Å². The first-order chi connectivity index (χ1) is 7.76. The molecule has 0 amide bonds. The van der Waals surface area contributed by atoms with Crippen molar-refractivity contribution in [3.05, 3.63) is 23.8 Å². The van der Waals surface area contributed by atoms with Crippen molar-refractivity contribution < 1.29 is 9.47 Å². The quantitative estimate of drug-likeness (QED) is 0.586. The van der Waals surface area contributed by atoms with Gasteiger partial charge < -0.3 is 9.47 Å². The Morgan fingerprint density at radius 3 is 2.62 bits per heavy atom. The molecule has 0 aliphatic heterocycles. The Labute approximate surface area is 100 Å². The minimum atomic E-state index is 0.0795. The third-order valence-electron chi connectivity index (χ3n) is 2.35. The smallest absolute Gasteiger partial charge is 0.127 e. The Balaban J connectivity index is 3.01. The lowest BCUT2D eigenvalue weighted by atomic mass is 10.1. The lowest BCUT2D eigenvalue weighted by molar-refractivity contribution is 0.386. The summed E-state index contributed by atoms with van der Waals surface area (Å²) in [6.07, 6.45) is 2.04. The predicted molar refractivity (Wildman–Crippen MR) is 68.0 cm³/mol. The summed E-state index contributed by atoms with van der Waals surface area (Å²) in [6.45, 7) is 0. The van der Waals surface area contributed by atoms with Crippen molar-refractivity contribution in [3.8, 4) is 11.5 Å². The summed E-state index contributed by atoms with van der Waals surface area (Å²) in [7, 11) is 3.28. The van der Waals surface area contributed by atoms with Crippen LogP contribution in [0.5, 0.6) is 11.5 Å². The summed E-state index contributed by atoms with van der Waals surface area (Å²) < 4.78 is 10.5. The molecule has 16 heavy (non-hydrogen) atoms. The van der Waals surface area contributed by atoms with Crippen molar-refractivity contribution in [1.82, 2.24) is 5.43 Å². The van der Waals surface area contributed by atoms with E-state index >= 15 is 0 Å². The number of thioether (sulfide) groups is 1. The largest absolute Gasteiger partial charge is 0.497 e. The van der Waals surface area contributed by atoms with Crippen molar-refractivity contribution in [2.75, 3.05) is 26.2 Å². The molecule has 3 N–H and O–H groups in total. The average Bonchev–Trinajstić information content (AvgIpc) is 2.35. The Bertz CT molecular complexity index is 334. The van der Waals surface area contributed by atoms with Gasteiger partial charge in [-0.1, -0.05) is 0 Å². The maximum Gasteiger partial charge on any atom is 0.127 e. The Hall–Kier alpha value is -0.910. The van der Waals surface area contributed by atoms with E-state index < -0.39 is 0 Å². The molecule has 1 rings (SSSR count). The summed E-state index contributed by atoms with van der Waals surface area (Å²) >= 11 is 1.73. The standard InChI is InChI=1S/C11H18N2O2S/c1-14-8-4-5-9(11(6-8)15-2)10(13-12)7-16-3/h4-6,10,13H,7,12H2,1-3H3. The fourth-order valence-electron chi connectivity index (χ4n) is 1.50. The highest BCUT2D eigenvalue weighted by molar-refractivity contribution is 7.98. The molecular formula is C11H18N2O2S. The first-order valence-electron chi connectivity index (χ1n) is 4.93. The molecule has 5 heteroatoms. The fourth-order valence-corrected chi connectivity index (χ4v) is 2.11. The van der Waals surface area contributed by atoms with Gasteiger partial charge in [-0.25, -0.2) is 0 Å². The van der Waals surface area contributed by atoms with Crippen molar-refractivity contribution >= 4 is 11.8 Å². The van der Waals surface area contributed by atoms with Crippen LogP contribution in [0.3, 0.4) is 0 Å². The van der Waals surface area contributed by atoms with E-state index in [4.69, 9.17) is 15.3 Å². The second-order valence-electron chi connectivity index (χ2n) is 3.28. The number of rotatable bonds is 6. The molecule has 4 nitrogen and oxygen atoms in total. The monoisotopic (exact) mass is 242 g/mol. The van der Waals surface area contributed by atoms with Crippen LogP contribution >= 0.6 is 11.8 Å². The molecule has 0 bridgehead atoms. The number of ether oxygens (including phenoxy) is 2. The van der Waals surface area contributed by atoms with Crippen LogP contribution in [0, 0.1) is 0 Å². The van der Waals surface area contributed by atoms with Gasteiger partial charge >= 0.3 is 0 Å². The average molecular weight is 242 g/mol. The van der Waals surface area contributed by atoms with Crippen LogP contribution in [0.15, 0.2) is 18.2 Å². The van der Waals surface area contributed by atoms with Crippen LogP contribution in [0.25, 0.3) is 0 Å². The zero-order chi connectivity index (χ0) is 12.0. The minimum Gasteiger partial charge on any atom is -0.497 e. The summed E-state index contributed by atoms with van der Waals surface area (Å²) in [6, 6.07) is 5.82. The van der Waals surface area contributed by atoms with Crippen molar-refractivity contribution in [1.29, 1.82) is 0 Å². The molecule has 0 saturated heterocycles. The Kier molecular flexibility index (Phi) is 5.45. The molecule has 1 aromatic rings. The Morgan fingerprint density at radius 2 is 2.12 bits per heavy atom. The Morgan fingerprint density at radius 1 is 1.38 bits per heavy atom. The maximum atomic E-state index is 5.53. The van der Waals surface area contributed by atoms with Gasteiger partial charge in [0, 0.05) is 17.4 Å². The van der Waals surface area contributed by atoms with Crippen LogP contribution in [0.4, 0.5) is 0 Å². The number of nitrogens with two attached hydrogens (primary N) is 1. The molecule has 0 radical (unpaired) electrons. The molecule has 1 aromatic carbocycles. The minimum absolute atomic E-state index is 0.0795. The normalized spacial score (nSPS) is 12.2. The highest BCUT2D eigenvalue weighted by Crippen LogP contribution is 2.30. The first-order valence-corrected chi connectivity index (χ1v) is 6.33. The second-order valence-corrected chi connectivity index (χ2v) is 4.19. The van der Waals surface area contributed by atoms with Gasteiger partial charge in [0.25, 0.3) is 0 Å². The molecule has 0 aliphatic rings. The van der Waals surface area contributed by atoms with Gasteiger partial charge in [-0.05, 0) is 18.4 Å². The third-order valence-corrected chi connectivity index (χ3v) is 3.02. The van der Waals surface area contributed by atoms with Crippen LogP contribution < -0.4 is 20.7 Å². The van der Waals surface area contributed by atoms with Crippen molar-refractivity contribution in [3.63, 3.8) is 0 Å². The van der Waals surface area contributed by atoms with E-state index in [2.05, 4.69) is 5.43 Å². The molecular weight excluding hydrogens is 224 g/mol. The second kappa shape index (κ2) is 6.62. The van der Waals surface area contributed by atoms with Crippen LogP contribution in [-0.4, -0.2) is 26.2 Å². The van der Waals surface area contributed by atoms with Gasteiger partial charge in [0.1, 0.15) is 11.5 Å². The van der Waals surface area contributed by atoms with Gasteiger partial charge in [-0.15, -0.1) is 0 Å². The van der Waals surface area contributed by atoms with Crippen molar-refractivity contribution in [2.45, 2.75) is 6.04 Å².